The Labute approximate surface area is 224 Å². The van der Waals surface area contributed by atoms with E-state index >= 15 is 4.39 Å². The van der Waals surface area contributed by atoms with Crippen LogP contribution in [0.15, 0.2) is 42.9 Å². The van der Waals surface area contributed by atoms with Gasteiger partial charge in [0.15, 0.2) is 5.82 Å². The largest absolute Gasteiger partial charge is 0.378 e. The number of aryl methyl sites for hydroxylation is 1. The number of aromatic nitrogens is 6. The number of halogens is 1. The van der Waals surface area contributed by atoms with E-state index in [9.17, 15) is 4.79 Å². The van der Waals surface area contributed by atoms with Crippen LogP contribution in [0.2, 0.25) is 0 Å². The number of pyridine rings is 1. The number of carbonyl (C=O) groups is 1. The van der Waals surface area contributed by atoms with E-state index in [1.54, 1.807) is 24.5 Å². The maximum Gasteiger partial charge on any atom is 0.259 e. The van der Waals surface area contributed by atoms with Crippen molar-refractivity contribution in [3.05, 3.63) is 65.8 Å². The van der Waals surface area contributed by atoms with E-state index in [2.05, 4.69) is 34.9 Å². The van der Waals surface area contributed by atoms with Crippen LogP contribution < -0.4 is 10.2 Å². The molecule has 0 radical (unpaired) electrons. The van der Waals surface area contributed by atoms with Crippen molar-refractivity contribution in [2.45, 2.75) is 44.6 Å². The van der Waals surface area contributed by atoms with Crippen LogP contribution in [0, 0.1) is 5.82 Å². The number of hydrogen-bond acceptors (Lipinski definition) is 7. The summed E-state index contributed by atoms with van der Waals surface area (Å²) in [4.78, 5) is 24.6. The van der Waals surface area contributed by atoms with Gasteiger partial charge in [-0.2, -0.15) is 0 Å². The van der Waals surface area contributed by atoms with Gasteiger partial charge in [0, 0.05) is 44.2 Å². The highest BCUT2D eigenvalue weighted by molar-refractivity contribution is 6.05. The fourth-order valence-corrected chi connectivity index (χ4v) is 5.36. The van der Waals surface area contributed by atoms with Gasteiger partial charge >= 0.3 is 0 Å². The second kappa shape index (κ2) is 9.88. The molecule has 3 aromatic heterocycles. The molecule has 200 valence electrons. The molecule has 0 atom stereocenters. The lowest BCUT2D eigenvalue weighted by molar-refractivity contribution is 0.102. The van der Waals surface area contributed by atoms with E-state index in [0.717, 1.165) is 50.2 Å². The minimum atomic E-state index is -0.594. The van der Waals surface area contributed by atoms with Gasteiger partial charge in [-0.25, -0.2) is 14.4 Å². The van der Waals surface area contributed by atoms with Crippen molar-refractivity contribution in [3.8, 4) is 17.2 Å². The topological polar surface area (TPSA) is 103 Å². The van der Waals surface area contributed by atoms with Gasteiger partial charge < -0.3 is 24.1 Å². The van der Waals surface area contributed by atoms with Crippen LogP contribution in [0.5, 0.6) is 0 Å². The smallest absolute Gasteiger partial charge is 0.259 e. The third-order valence-electron chi connectivity index (χ3n) is 7.62. The van der Waals surface area contributed by atoms with Gasteiger partial charge in [-0.3, -0.25) is 4.79 Å². The molecule has 10 nitrogen and oxygen atoms in total. The zero-order chi connectivity index (χ0) is 26.3. The Balaban J connectivity index is 1.20. The average molecular weight is 529 g/mol. The van der Waals surface area contributed by atoms with Gasteiger partial charge in [-0.05, 0) is 43.9 Å². The van der Waals surface area contributed by atoms with Gasteiger partial charge in [0.05, 0.1) is 42.2 Å². The first kappa shape index (κ1) is 24.0. The molecule has 1 N–H and O–H groups in total. The quantitative estimate of drug-likeness (QED) is 0.404. The first-order valence-electron chi connectivity index (χ1n) is 13.6. The second-order valence-corrected chi connectivity index (χ2v) is 10.3. The van der Waals surface area contributed by atoms with Crippen molar-refractivity contribution in [2.75, 3.05) is 36.5 Å². The number of fused-ring (bicyclic) bond motifs is 1. The van der Waals surface area contributed by atoms with Crippen LogP contribution >= 0.6 is 0 Å². The molecule has 1 saturated heterocycles. The minimum absolute atomic E-state index is 0.0595. The molecule has 2 fully saturated rings. The molecule has 0 spiro atoms. The molecule has 7 rings (SSSR count). The van der Waals surface area contributed by atoms with Crippen molar-refractivity contribution in [1.82, 2.24) is 29.3 Å². The highest BCUT2D eigenvalue weighted by atomic mass is 19.1. The third kappa shape index (κ3) is 4.67. The van der Waals surface area contributed by atoms with Crippen LogP contribution in [0.3, 0.4) is 0 Å². The Morgan fingerprint density at radius 2 is 1.92 bits per heavy atom. The highest BCUT2D eigenvalue weighted by Gasteiger charge is 2.27. The van der Waals surface area contributed by atoms with Gasteiger partial charge in [0.2, 0.25) is 0 Å². The molecule has 2 aliphatic heterocycles. The summed E-state index contributed by atoms with van der Waals surface area (Å²) in [6, 6.07) is 8.38. The lowest BCUT2D eigenvalue weighted by atomic mass is 10.1. The summed E-state index contributed by atoms with van der Waals surface area (Å²) in [6.45, 7) is 3.27. The molecule has 4 aromatic rings. The van der Waals surface area contributed by atoms with Gasteiger partial charge in [-0.15, -0.1) is 10.2 Å². The van der Waals surface area contributed by atoms with Crippen LogP contribution in [0.1, 0.15) is 53.5 Å². The fourth-order valence-electron chi connectivity index (χ4n) is 5.36. The molecule has 39 heavy (non-hydrogen) atoms. The summed E-state index contributed by atoms with van der Waals surface area (Å²) in [5.74, 6) is 1.27. The third-order valence-corrected chi connectivity index (χ3v) is 7.62. The zero-order valence-corrected chi connectivity index (χ0v) is 21.5. The SMILES string of the molecule is O=C(Nc1cccc(-c2nnc3n2CCCC3)n1)c1cc(-n2cnc(C3CC3)c2)c(N2CCOCC2)cc1F. The van der Waals surface area contributed by atoms with Crippen LogP contribution in [-0.2, 0) is 17.7 Å². The number of nitrogens with zero attached hydrogens (tertiary/aromatic N) is 7. The standard InChI is InChI=1S/C28H29FN8O2/c29-20-15-24(35-10-12-39-13-11-35)23(36-16-22(30-17-36)18-7-8-18)14-19(20)28(38)32-25-5-3-4-21(31-25)27-34-33-26-6-1-2-9-37(26)27/h3-5,14-18H,1-2,6-13H2,(H,31,32,38). The molecule has 5 heterocycles. The number of ether oxygens (including phenoxy) is 1. The lowest BCUT2D eigenvalue weighted by Crippen LogP contribution is -2.37. The van der Waals surface area contributed by atoms with Crippen molar-refractivity contribution in [1.29, 1.82) is 0 Å². The summed E-state index contributed by atoms with van der Waals surface area (Å²) in [5, 5.41) is 11.4. The van der Waals surface area contributed by atoms with Crippen LogP contribution in [0.4, 0.5) is 15.9 Å². The van der Waals surface area contributed by atoms with Crippen molar-refractivity contribution in [2.24, 2.45) is 0 Å². The van der Waals surface area contributed by atoms with Gasteiger partial charge in [0.1, 0.15) is 23.2 Å². The van der Waals surface area contributed by atoms with Gasteiger partial charge in [0.25, 0.3) is 5.91 Å². The number of anilines is 2. The van der Waals surface area contributed by atoms with Crippen molar-refractivity contribution in [3.63, 3.8) is 0 Å². The Bertz CT molecular complexity index is 1540. The van der Waals surface area contributed by atoms with E-state index in [0.29, 0.717) is 60.9 Å². The highest BCUT2D eigenvalue weighted by Crippen LogP contribution is 2.40. The predicted molar refractivity (Wildman–Crippen MR) is 143 cm³/mol. The van der Waals surface area contributed by atoms with E-state index in [4.69, 9.17) is 4.74 Å². The molecule has 1 aliphatic carbocycles. The molecule has 3 aliphatic rings. The second-order valence-electron chi connectivity index (χ2n) is 10.3. The van der Waals surface area contributed by atoms with E-state index in [1.807, 2.05) is 16.8 Å². The number of amides is 1. The molecule has 1 aromatic carbocycles. The Morgan fingerprint density at radius 3 is 2.77 bits per heavy atom. The molecule has 11 heteroatoms. The molecule has 0 unspecified atom stereocenters. The van der Waals surface area contributed by atoms with E-state index < -0.39 is 11.7 Å². The van der Waals surface area contributed by atoms with E-state index in [-0.39, 0.29) is 5.56 Å². The summed E-state index contributed by atoms with van der Waals surface area (Å²) in [5.41, 5.74) is 3.00. The Kier molecular flexibility index (Phi) is 6.07. The Morgan fingerprint density at radius 1 is 1.05 bits per heavy atom. The first-order chi connectivity index (χ1) is 19.1. The van der Waals surface area contributed by atoms with E-state index in [1.165, 1.54) is 6.07 Å². The number of rotatable bonds is 6. The lowest BCUT2D eigenvalue weighted by Gasteiger charge is -2.31. The molecule has 0 bridgehead atoms. The summed E-state index contributed by atoms with van der Waals surface area (Å²) in [6.07, 6.45) is 9.06. The van der Waals surface area contributed by atoms with Crippen LogP contribution in [-0.4, -0.2) is 61.5 Å². The summed E-state index contributed by atoms with van der Waals surface area (Å²) < 4.78 is 25.0. The number of carbonyl (C=O) groups excluding carboxylic acids is 1. The average Bonchev–Trinajstić information content (AvgIpc) is 3.54. The maximum absolute atomic E-state index is 15.5. The zero-order valence-electron chi connectivity index (χ0n) is 21.5. The normalized spacial score (nSPS) is 17.2. The predicted octanol–water partition coefficient (Wildman–Crippen LogP) is 3.97. The number of morpholine rings is 1. The van der Waals surface area contributed by atoms with Crippen molar-refractivity contribution >= 4 is 17.4 Å². The molecule has 1 amide bonds. The first-order valence-corrected chi connectivity index (χ1v) is 13.6. The van der Waals surface area contributed by atoms with Gasteiger partial charge in [-0.1, -0.05) is 6.07 Å². The monoisotopic (exact) mass is 528 g/mol. The molecule has 1 saturated carbocycles. The molecular formula is C28H29FN8O2. The fraction of sp³-hybridized carbons (Fsp3) is 0.393. The summed E-state index contributed by atoms with van der Waals surface area (Å²) >= 11 is 0. The van der Waals surface area contributed by atoms with Crippen LogP contribution in [0.25, 0.3) is 17.2 Å². The number of imidazole rings is 1. The number of benzene rings is 1. The Hall–Kier alpha value is -4.12. The number of hydrogen-bond donors (Lipinski definition) is 1. The molecular weight excluding hydrogens is 499 g/mol. The minimum Gasteiger partial charge on any atom is -0.378 e. The number of nitrogens with one attached hydrogen (secondary N) is 1. The summed E-state index contributed by atoms with van der Waals surface area (Å²) in [7, 11) is 0. The maximum atomic E-state index is 15.5. The van der Waals surface area contributed by atoms with Crippen molar-refractivity contribution < 1.29 is 13.9 Å².